The highest BCUT2D eigenvalue weighted by atomic mass is 79.9. The predicted molar refractivity (Wildman–Crippen MR) is 127 cm³/mol. The number of rotatable bonds is 3. The molecule has 1 atom stereocenters. The molecule has 5 rings (SSSR count). The molecule has 1 aliphatic carbocycles. The molecule has 1 aliphatic heterocycles. The molecule has 1 saturated heterocycles. The molecule has 0 spiro atoms. The molecule has 2 aromatic heterocycles. The third kappa shape index (κ3) is 3.37. The predicted octanol–water partition coefficient (Wildman–Crippen LogP) is 3.39. The van der Waals surface area contributed by atoms with Gasteiger partial charge in [0.25, 0.3) is 5.56 Å². The summed E-state index contributed by atoms with van der Waals surface area (Å²) < 4.78 is 7.64. The number of methoxy groups -OCH3 is 1. The number of hydrogen-bond donors (Lipinski definition) is 0. The van der Waals surface area contributed by atoms with Gasteiger partial charge in [-0.2, -0.15) is 5.26 Å². The molecule has 0 amide bonds. The highest BCUT2D eigenvalue weighted by Crippen LogP contribution is 2.39. The standard InChI is InChI=1S/C24H24BrN5O2/c1-28-20-7-8-21(25)27-22(20)23(18(14-26)24(28)31)30-11-9-29(10-12-30)19-6-4-15-3-5-16(32-2)13-17(15)19/h3,5,7-8,13,19H,4,6,9-12H2,1-2H3. The van der Waals surface area contributed by atoms with E-state index < -0.39 is 0 Å². The molecule has 0 N–H and O–H groups in total. The van der Waals surface area contributed by atoms with Crippen LogP contribution in [0.5, 0.6) is 5.75 Å². The molecule has 0 bridgehead atoms. The van der Waals surface area contributed by atoms with Crippen molar-refractivity contribution in [3.05, 3.63) is 62.0 Å². The minimum absolute atomic E-state index is 0.162. The molecule has 3 heterocycles. The topological polar surface area (TPSA) is 74.4 Å². The summed E-state index contributed by atoms with van der Waals surface area (Å²) in [5.41, 5.74) is 4.71. The fourth-order valence-electron chi connectivity index (χ4n) is 5.10. The lowest BCUT2D eigenvalue weighted by Crippen LogP contribution is -2.48. The Hall–Kier alpha value is -2.89. The van der Waals surface area contributed by atoms with Gasteiger partial charge in [0.2, 0.25) is 0 Å². The largest absolute Gasteiger partial charge is 0.497 e. The fourth-order valence-corrected chi connectivity index (χ4v) is 5.41. The Kier molecular flexibility index (Phi) is 5.39. The van der Waals surface area contributed by atoms with E-state index in [0.717, 1.165) is 50.3 Å². The first kappa shape index (κ1) is 21.0. The van der Waals surface area contributed by atoms with Crippen LogP contribution in [0.4, 0.5) is 5.69 Å². The zero-order valence-corrected chi connectivity index (χ0v) is 19.7. The lowest BCUT2D eigenvalue weighted by molar-refractivity contribution is 0.185. The Labute approximate surface area is 195 Å². The van der Waals surface area contributed by atoms with Crippen molar-refractivity contribution >= 4 is 32.7 Å². The van der Waals surface area contributed by atoms with E-state index in [0.29, 0.717) is 21.8 Å². The third-order valence-electron chi connectivity index (χ3n) is 6.76. The van der Waals surface area contributed by atoms with Crippen molar-refractivity contribution in [1.29, 1.82) is 5.26 Å². The van der Waals surface area contributed by atoms with E-state index in [1.165, 1.54) is 15.7 Å². The van der Waals surface area contributed by atoms with Crippen molar-refractivity contribution in [3.8, 4) is 11.8 Å². The van der Waals surface area contributed by atoms with Crippen LogP contribution in [0.2, 0.25) is 0 Å². The van der Waals surface area contributed by atoms with Crippen LogP contribution >= 0.6 is 15.9 Å². The SMILES string of the molecule is COc1ccc2c(c1)C(N1CCN(c3c(C#N)c(=O)n(C)c4ccc(Br)nc34)CC1)CC2. The number of anilines is 1. The Morgan fingerprint density at radius 1 is 1.19 bits per heavy atom. The first-order valence-electron chi connectivity index (χ1n) is 10.8. The van der Waals surface area contributed by atoms with E-state index in [1.807, 2.05) is 18.2 Å². The summed E-state index contributed by atoms with van der Waals surface area (Å²) in [6.07, 6.45) is 2.19. The summed E-state index contributed by atoms with van der Waals surface area (Å²) in [6, 6.07) is 12.6. The van der Waals surface area contributed by atoms with Crippen LogP contribution < -0.4 is 15.2 Å². The van der Waals surface area contributed by atoms with Crippen molar-refractivity contribution in [2.24, 2.45) is 7.05 Å². The molecule has 1 fully saturated rings. The number of aryl methyl sites for hydroxylation is 2. The van der Waals surface area contributed by atoms with Gasteiger partial charge in [0, 0.05) is 39.3 Å². The zero-order valence-electron chi connectivity index (χ0n) is 18.1. The van der Waals surface area contributed by atoms with E-state index in [9.17, 15) is 10.1 Å². The molecule has 32 heavy (non-hydrogen) atoms. The molecule has 2 aliphatic rings. The number of pyridine rings is 2. The van der Waals surface area contributed by atoms with Gasteiger partial charge in [-0.3, -0.25) is 9.69 Å². The fraction of sp³-hybridized carbons (Fsp3) is 0.375. The highest BCUT2D eigenvalue weighted by molar-refractivity contribution is 9.10. The van der Waals surface area contributed by atoms with Gasteiger partial charge in [-0.05, 0) is 64.2 Å². The van der Waals surface area contributed by atoms with Crippen molar-refractivity contribution < 1.29 is 4.74 Å². The Balaban J connectivity index is 1.46. The first-order chi connectivity index (χ1) is 15.5. The number of nitrogens with zero attached hydrogens (tertiary/aromatic N) is 5. The van der Waals surface area contributed by atoms with Crippen LogP contribution in [0.25, 0.3) is 11.0 Å². The number of halogens is 1. The lowest BCUT2D eigenvalue weighted by atomic mass is 10.0. The molecule has 0 saturated carbocycles. The summed E-state index contributed by atoms with van der Waals surface area (Å²) in [6.45, 7) is 3.19. The number of ether oxygens (including phenoxy) is 1. The number of piperazine rings is 1. The van der Waals surface area contributed by atoms with Crippen LogP contribution in [0, 0.1) is 11.3 Å². The minimum atomic E-state index is -0.279. The average Bonchev–Trinajstić information content (AvgIpc) is 3.24. The summed E-state index contributed by atoms with van der Waals surface area (Å²) in [7, 11) is 3.40. The second-order valence-corrected chi connectivity index (χ2v) is 9.16. The van der Waals surface area contributed by atoms with Gasteiger partial charge in [-0.1, -0.05) is 6.07 Å². The summed E-state index contributed by atoms with van der Waals surface area (Å²) in [5.74, 6) is 0.899. The molecule has 3 aromatic rings. The quantitative estimate of drug-likeness (QED) is 0.520. The smallest absolute Gasteiger partial charge is 0.270 e. The van der Waals surface area contributed by atoms with Gasteiger partial charge < -0.3 is 14.2 Å². The van der Waals surface area contributed by atoms with Crippen LogP contribution in [0.1, 0.15) is 29.2 Å². The Bertz CT molecular complexity index is 1300. The molecular weight excluding hydrogens is 470 g/mol. The molecule has 0 radical (unpaired) electrons. The average molecular weight is 494 g/mol. The van der Waals surface area contributed by atoms with E-state index in [2.05, 4.69) is 48.9 Å². The number of benzene rings is 1. The number of fused-ring (bicyclic) bond motifs is 2. The van der Waals surface area contributed by atoms with Gasteiger partial charge in [-0.15, -0.1) is 0 Å². The Morgan fingerprint density at radius 3 is 2.69 bits per heavy atom. The normalized spacial score (nSPS) is 18.6. The summed E-state index contributed by atoms with van der Waals surface area (Å²) in [4.78, 5) is 22.2. The van der Waals surface area contributed by atoms with Gasteiger partial charge in [0.15, 0.2) is 0 Å². The number of nitriles is 1. The summed E-state index contributed by atoms with van der Waals surface area (Å²) in [5, 5.41) is 9.81. The maximum Gasteiger partial charge on any atom is 0.270 e. The van der Waals surface area contributed by atoms with Crippen molar-refractivity contribution in [1.82, 2.24) is 14.5 Å². The number of hydrogen-bond acceptors (Lipinski definition) is 6. The minimum Gasteiger partial charge on any atom is -0.497 e. The zero-order chi connectivity index (χ0) is 22.4. The number of aromatic nitrogens is 2. The molecule has 1 aromatic carbocycles. The summed E-state index contributed by atoms with van der Waals surface area (Å²) >= 11 is 3.44. The van der Waals surface area contributed by atoms with Gasteiger partial charge in [-0.25, -0.2) is 4.98 Å². The monoisotopic (exact) mass is 493 g/mol. The third-order valence-corrected chi connectivity index (χ3v) is 7.20. The van der Waals surface area contributed by atoms with E-state index in [4.69, 9.17) is 4.74 Å². The Morgan fingerprint density at radius 2 is 1.97 bits per heavy atom. The lowest BCUT2D eigenvalue weighted by Gasteiger charge is -2.39. The van der Waals surface area contributed by atoms with E-state index >= 15 is 0 Å². The van der Waals surface area contributed by atoms with Gasteiger partial charge in [0.05, 0.1) is 18.3 Å². The van der Waals surface area contributed by atoms with Crippen LogP contribution in [-0.2, 0) is 13.5 Å². The maximum absolute atomic E-state index is 12.9. The molecule has 164 valence electrons. The first-order valence-corrected chi connectivity index (χ1v) is 11.6. The second kappa shape index (κ2) is 8.23. The van der Waals surface area contributed by atoms with E-state index in [1.54, 1.807) is 14.2 Å². The second-order valence-electron chi connectivity index (χ2n) is 8.34. The van der Waals surface area contributed by atoms with Crippen molar-refractivity contribution in [2.75, 3.05) is 38.2 Å². The van der Waals surface area contributed by atoms with Gasteiger partial charge in [0.1, 0.15) is 27.5 Å². The highest BCUT2D eigenvalue weighted by Gasteiger charge is 2.32. The molecule has 8 heteroatoms. The van der Waals surface area contributed by atoms with Crippen LogP contribution in [0.15, 0.2) is 39.7 Å². The van der Waals surface area contributed by atoms with Crippen molar-refractivity contribution in [3.63, 3.8) is 0 Å². The van der Waals surface area contributed by atoms with Crippen LogP contribution in [-0.4, -0.2) is 47.7 Å². The maximum atomic E-state index is 12.9. The van der Waals surface area contributed by atoms with Crippen LogP contribution in [0.3, 0.4) is 0 Å². The molecular formula is C24H24BrN5O2. The van der Waals surface area contributed by atoms with E-state index in [-0.39, 0.29) is 11.1 Å². The molecule has 7 nitrogen and oxygen atoms in total. The van der Waals surface area contributed by atoms with Crippen molar-refractivity contribution in [2.45, 2.75) is 18.9 Å². The molecule has 1 unspecified atom stereocenters. The van der Waals surface area contributed by atoms with Gasteiger partial charge >= 0.3 is 0 Å².